The Morgan fingerprint density at radius 3 is 2.16 bits per heavy atom. The van der Waals surface area contributed by atoms with Crippen molar-refractivity contribution in [3.63, 3.8) is 0 Å². The minimum absolute atomic E-state index is 0.466. The molecule has 9 atom stereocenters. The van der Waals surface area contributed by atoms with Crippen LogP contribution in [0, 0.1) is 52.3 Å². The number of fused-ring (bicyclic) bond motifs is 1. The molecule has 0 aliphatic heterocycles. The third kappa shape index (κ3) is 5.22. The minimum atomic E-state index is 0.466. The molecule has 3 aliphatic carbocycles. The highest BCUT2D eigenvalue weighted by Crippen LogP contribution is 2.63. The zero-order chi connectivity index (χ0) is 22.8. The molecule has 0 spiro atoms. The van der Waals surface area contributed by atoms with E-state index in [0.717, 1.165) is 41.4 Å². The molecule has 31 heavy (non-hydrogen) atoms. The summed E-state index contributed by atoms with van der Waals surface area (Å²) in [6.07, 6.45) is 18.5. The van der Waals surface area contributed by atoms with Crippen LogP contribution in [0.1, 0.15) is 132 Å². The van der Waals surface area contributed by atoms with E-state index in [9.17, 15) is 0 Å². The molecule has 3 rings (SSSR count). The van der Waals surface area contributed by atoms with Gasteiger partial charge in [-0.2, -0.15) is 0 Å². The first-order valence-electron chi connectivity index (χ1n) is 14.4. The number of hydrogen-bond donors (Lipinski definition) is 1. The SMILES string of the molecule is CCCC1CC(N)CCC1(C)C1CCC2(C)C(CCC2C(C)CCC(CC)C(C)C)C1. The van der Waals surface area contributed by atoms with Crippen molar-refractivity contribution >= 4 is 0 Å². The summed E-state index contributed by atoms with van der Waals surface area (Å²) in [4.78, 5) is 0. The van der Waals surface area contributed by atoms with Crippen molar-refractivity contribution in [1.29, 1.82) is 0 Å². The van der Waals surface area contributed by atoms with Crippen LogP contribution in [0.25, 0.3) is 0 Å². The largest absolute Gasteiger partial charge is 0.328 e. The van der Waals surface area contributed by atoms with Crippen LogP contribution in [0.5, 0.6) is 0 Å². The highest BCUT2D eigenvalue weighted by atomic mass is 14.7. The number of rotatable bonds is 9. The fourth-order valence-electron chi connectivity index (χ4n) is 9.07. The van der Waals surface area contributed by atoms with Crippen LogP contribution in [-0.4, -0.2) is 6.04 Å². The standard InChI is InChI=1S/C30H57N/c1-8-10-24-20-27(31)16-18-29(24,6)26-15-17-30(7)25(19-26)13-14-28(30)22(5)11-12-23(9-2)21(3)4/h21-28H,8-20,31H2,1-7H3. The van der Waals surface area contributed by atoms with Crippen molar-refractivity contribution in [2.45, 2.75) is 138 Å². The lowest BCUT2D eigenvalue weighted by Crippen LogP contribution is -2.48. The van der Waals surface area contributed by atoms with Gasteiger partial charge in [0.1, 0.15) is 0 Å². The summed E-state index contributed by atoms with van der Waals surface area (Å²) < 4.78 is 0. The Labute approximate surface area is 196 Å². The molecule has 0 aromatic rings. The van der Waals surface area contributed by atoms with E-state index in [1.165, 1.54) is 83.5 Å². The number of nitrogens with two attached hydrogens (primary N) is 1. The van der Waals surface area contributed by atoms with Crippen LogP contribution in [0.4, 0.5) is 0 Å². The zero-order valence-electron chi connectivity index (χ0n) is 22.4. The maximum Gasteiger partial charge on any atom is 0.00418 e. The van der Waals surface area contributed by atoms with Gasteiger partial charge in [-0.05, 0) is 110 Å². The van der Waals surface area contributed by atoms with E-state index in [0.29, 0.717) is 16.9 Å². The van der Waals surface area contributed by atoms with E-state index in [-0.39, 0.29) is 0 Å². The summed E-state index contributed by atoms with van der Waals surface area (Å²) in [5, 5.41) is 0. The van der Waals surface area contributed by atoms with Crippen LogP contribution < -0.4 is 5.73 Å². The predicted molar refractivity (Wildman–Crippen MR) is 137 cm³/mol. The first-order chi connectivity index (χ1) is 14.7. The van der Waals surface area contributed by atoms with Crippen molar-refractivity contribution in [2.24, 2.45) is 58.0 Å². The Balaban J connectivity index is 1.64. The van der Waals surface area contributed by atoms with Crippen LogP contribution in [0.2, 0.25) is 0 Å². The maximum atomic E-state index is 6.44. The minimum Gasteiger partial charge on any atom is -0.328 e. The van der Waals surface area contributed by atoms with E-state index in [4.69, 9.17) is 5.73 Å². The summed E-state index contributed by atoms with van der Waals surface area (Å²) in [5.74, 6) is 6.47. The smallest absolute Gasteiger partial charge is 0.00418 e. The Morgan fingerprint density at radius 1 is 0.839 bits per heavy atom. The highest BCUT2D eigenvalue weighted by Gasteiger charge is 2.54. The van der Waals surface area contributed by atoms with Gasteiger partial charge in [-0.15, -0.1) is 0 Å². The third-order valence-corrected chi connectivity index (χ3v) is 11.5. The second kappa shape index (κ2) is 10.5. The third-order valence-electron chi connectivity index (χ3n) is 11.5. The second-order valence-corrected chi connectivity index (χ2v) is 13.4. The molecule has 3 fully saturated rings. The van der Waals surface area contributed by atoms with E-state index < -0.39 is 0 Å². The fraction of sp³-hybridized carbons (Fsp3) is 1.00. The molecule has 9 unspecified atom stereocenters. The van der Waals surface area contributed by atoms with Gasteiger partial charge in [-0.25, -0.2) is 0 Å². The Kier molecular flexibility index (Phi) is 8.65. The molecule has 1 nitrogen and oxygen atoms in total. The lowest BCUT2D eigenvalue weighted by atomic mass is 9.51. The van der Waals surface area contributed by atoms with Gasteiger partial charge >= 0.3 is 0 Å². The van der Waals surface area contributed by atoms with Crippen molar-refractivity contribution in [2.75, 3.05) is 0 Å². The maximum absolute atomic E-state index is 6.44. The van der Waals surface area contributed by atoms with E-state index in [1.54, 1.807) is 0 Å². The van der Waals surface area contributed by atoms with Crippen LogP contribution in [0.15, 0.2) is 0 Å². The highest BCUT2D eigenvalue weighted by molar-refractivity contribution is 5.04. The van der Waals surface area contributed by atoms with E-state index in [1.807, 2.05) is 0 Å². The molecule has 3 aliphatic rings. The molecule has 0 radical (unpaired) electrons. The lowest BCUT2D eigenvalue weighted by molar-refractivity contribution is -0.0426. The van der Waals surface area contributed by atoms with Gasteiger partial charge in [0.2, 0.25) is 0 Å². The molecular weight excluding hydrogens is 374 g/mol. The number of hydrogen-bond acceptors (Lipinski definition) is 1. The molecule has 1 heteroatoms. The van der Waals surface area contributed by atoms with E-state index in [2.05, 4.69) is 48.5 Å². The average Bonchev–Trinajstić information content (AvgIpc) is 3.07. The summed E-state index contributed by atoms with van der Waals surface area (Å²) in [6.45, 7) is 17.6. The van der Waals surface area contributed by atoms with Gasteiger partial charge in [0.15, 0.2) is 0 Å². The molecule has 0 amide bonds. The molecule has 2 N–H and O–H groups in total. The van der Waals surface area contributed by atoms with Crippen LogP contribution >= 0.6 is 0 Å². The van der Waals surface area contributed by atoms with Gasteiger partial charge in [-0.3, -0.25) is 0 Å². The van der Waals surface area contributed by atoms with Gasteiger partial charge in [-0.1, -0.05) is 74.1 Å². The lowest BCUT2D eigenvalue weighted by Gasteiger charge is -2.54. The van der Waals surface area contributed by atoms with Gasteiger partial charge in [0.05, 0.1) is 0 Å². The Hall–Kier alpha value is -0.0400. The zero-order valence-corrected chi connectivity index (χ0v) is 22.4. The predicted octanol–water partition coefficient (Wildman–Crippen LogP) is 8.85. The van der Waals surface area contributed by atoms with Crippen molar-refractivity contribution in [3.05, 3.63) is 0 Å². The summed E-state index contributed by atoms with van der Waals surface area (Å²) in [5.41, 5.74) is 7.62. The Morgan fingerprint density at radius 2 is 1.52 bits per heavy atom. The van der Waals surface area contributed by atoms with Crippen LogP contribution in [-0.2, 0) is 0 Å². The van der Waals surface area contributed by atoms with Crippen LogP contribution in [0.3, 0.4) is 0 Å². The molecule has 182 valence electrons. The van der Waals surface area contributed by atoms with Gasteiger partial charge in [0, 0.05) is 6.04 Å². The van der Waals surface area contributed by atoms with E-state index >= 15 is 0 Å². The van der Waals surface area contributed by atoms with Crippen molar-refractivity contribution in [1.82, 2.24) is 0 Å². The normalized spacial score (nSPS) is 43.1. The molecule has 0 saturated heterocycles. The first-order valence-corrected chi connectivity index (χ1v) is 14.4. The molecule has 3 saturated carbocycles. The van der Waals surface area contributed by atoms with Gasteiger partial charge in [0.25, 0.3) is 0 Å². The molecule has 0 heterocycles. The molecule has 0 aromatic heterocycles. The fourth-order valence-corrected chi connectivity index (χ4v) is 9.07. The van der Waals surface area contributed by atoms with Crippen molar-refractivity contribution in [3.8, 4) is 0 Å². The summed E-state index contributed by atoms with van der Waals surface area (Å²) in [7, 11) is 0. The van der Waals surface area contributed by atoms with Crippen molar-refractivity contribution < 1.29 is 0 Å². The second-order valence-electron chi connectivity index (χ2n) is 13.4. The summed E-state index contributed by atoms with van der Waals surface area (Å²) >= 11 is 0. The van der Waals surface area contributed by atoms with Gasteiger partial charge < -0.3 is 5.73 Å². The molecule has 0 bridgehead atoms. The average molecular weight is 432 g/mol. The quantitative estimate of drug-likeness (QED) is 0.387. The molecule has 0 aromatic carbocycles. The monoisotopic (exact) mass is 431 g/mol. The Bertz CT molecular complexity index is 555. The molecular formula is C30H57N. The first kappa shape index (κ1) is 25.6. The summed E-state index contributed by atoms with van der Waals surface area (Å²) in [6, 6.07) is 0.466. The topological polar surface area (TPSA) is 26.0 Å².